The minimum Gasteiger partial charge on any atom is -0.295 e. The van der Waals surface area contributed by atoms with Crippen LogP contribution in [0.25, 0.3) is 0 Å². The SMILES string of the molecule is CCCCCCCCCC[C@H]1[C@H]([Si](C)(C)C)N1C(C)CC. The lowest BCUT2D eigenvalue weighted by Gasteiger charge is -2.18. The van der Waals surface area contributed by atoms with Gasteiger partial charge in [-0.3, -0.25) is 4.90 Å². The molecule has 0 N–H and O–H groups in total. The Morgan fingerprint density at radius 3 is 1.86 bits per heavy atom. The van der Waals surface area contributed by atoms with Gasteiger partial charge in [0.2, 0.25) is 0 Å². The topological polar surface area (TPSA) is 3.01 Å². The Morgan fingerprint density at radius 2 is 1.38 bits per heavy atom. The predicted molar refractivity (Wildman–Crippen MR) is 99.7 cm³/mol. The molecule has 1 saturated heterocycles. The number of hydrogen-bond donors (Lipinski definition) is 0. The van der Waals surface area contributed by atoms with Crippen molar-refractivity contribution in [2.75, 3.05) is 0 Å². The zero-order valence-corrected chi connectivity index (χ0v) is 16.8. The molecule has 0 saturated carbocycles. The van der Waals surface area contributed by atoms with Crippen molar-refractivity contribution in [1.82, 2.24) is 4.90 Å². The van der Waals surface area contributed by atoms with E-state index in [1.165, 1.54) is 64.2 Å². The summed E-state index contributed by atoms with van der Waals surface area (Å²) in [7, 11) is -0.993. The Morgan fingerprint density at radius 1 is 0.857 bits per heavy atom. The highest BCUT2D eigenvalue weighted by Gasteiger charge is 2.54. The van der Waals surface area contributed by atoms with Gasteiger partial charge in [0, 0.05) is 17.7 Å². The zero-order chi connectivity index (χ0) is 15.9. The van der Waals surface area contributed by atoms with Gasteiger partial charge >= 0.3 is 0 Å². The van der Waals surface area contributed by atoms with Crippen LogP contribution < -0.4 is 0 Å². The van der Waals surface area contributed by atoms with Crippen molar-refractivity contribution in [3.63, 3.8) is 0 Å². The van der Waals surface area contributed by atoms with Gasteiger partial charge in [-0.2, -0.15) is 0 Å². The Labute approximate surface area is 135 Å². The molecule has 0 aromatic heterocycles. The number of nitrogens with zero attached hydrogens (tertiary/aromatic N) is 1. The fourth-order valence-corrected chi connectivity index (χ4v) is 6.68. The molecule has 1 nitrogen and oxygen atoms in total. The minimum absolute atomic E-state index is 0.806. The van der Waals surface area contributed by atoms with Crippen LogP contribution in [0, 0.1) is 0 Å². The van der Waals surface area contributed by atoms with Crippen LogP contribution in [0.1, 0.15) is 85.0 Å². The standard InChI is InChI=1S/C19H41NSi/c1-7-9-10-11-12-13-14-15-16-18-19(21(4,5)6)20(18)17(3)8-2/h17-19H,7-16H2,1-6H3/t17?,18-,19-,20?/m0/s1. The van der Waals surface area contributed by atoms with Crippen molar-refractivity contribution in [2.45, 2.75) is 122 Å². The monoisotopic (exact) mass is 311 g/mol. The van der Waals surface area contributed by atoms with Gasteiger partial charge in [0.05, 0.1) is 8.07 Å². The summed E-state index contributed by atoms with van der Waals surface area (Å²) in [4.78, 5) is 2.85. The third-order valence-corrected chi connectivity index (χ3v) is 7.78. The third kappa shape index (κ3) is 6.44. The molecule has 0 bridgehead atoms. The second-order valence-corrected chi connectivity index (χ2v) is 13.7. The highest BCUT2D eigenvalue weighted by atomic mass is 28.3. The number of rotatable bonds is 12. The molecule has 1 aliphatic rings. The first-order valence-electron chi connectivity index (χ1n) is 9.70. The molecule has 1 heterocycles. The molecule has 0 aromatic carbocycles. The van der Waals surface area contributed by atoms with Gasteiger partial charge in [-0.05, 0) is 19.8 Å². The van der Waals surface area contributed by atoms with E-state index in [2.05, 4.69) is 45.3 Å². The third-order valence-electron chi connectivity index (χ3n) is 5.32. The Hall–Kier alpha value is 0.177. The van der Waals surface area contributed by atoms with Gasteiger partial charge in [0.25, 0.3) is 0 Å². The van der Waals surface area contributed by atoms with Crippen molar-refractivity contribution in [3.8, 4) is 0 Å². The van der Waals surface area contributed by atoms with Crippen LogP contribution in [0.2, 0.25) is 19.6 Å². The molecule has 1 rings (SSSR count). The summed E-state index contributed by atoms with van der Waals surface area (Å²) in [6.07, 6.45) is 14.4. The molecule has 0 amide bonds. The lowest BCUT2D eigenvalue weighted by atomic mass is 10.1. The van der Waals surface area contributed by atoms with Crippen LogP contribution in [-0.2, 0) is 0 Å². The molecule has 0 spiro atoms. The average Bonchev–Trinajstić information content (AvgIpc) is 3.15. The first kappa shape index (κ1) is 19.2. The first-order chi connectivity index (χ1) is 9.93. The number of unbranched alkanes of at least 4 members (excludes halogenated alkanes) is 7. The van der Waals surface area contributed by atoms with Crippen LogP contribution in [0.15, 0.2) is 0 Å². The van der Waals surface area contributed by atoms with E-state index in [0.29, 0.717) is 0 Å². The van der Waals surface area contributed by atoms with E-state index in [1.54, 1.807) is 0 Å². The second-order valence-electron chi connectivity index (χ2n) is 8.35. The molecule has 2 heteroatoms. The Kier molecular flexibility index (Phi) is 8.56. The molecular weight excluding hydrogens is 270 g/mol. The fraction of sp³-hybridized carbons (Fsp3) is 1.00. The molecule has 2 unspecified atom stereocenters. The maximum absolute atomic E-state index is 2.85. The quantitative estimate of drug-likeness (QED) is 0.234. The zero-order valence-electron chi connectivity index (χ0n) is 15.8. The molecule has 0 radical (unpaired) electrons. The molecule has 1 fully saturated rings. The van der Waals surface area contributed by atoms with Gasteiger partial charge in [0.1, 0.15) is 0 Å². The highest BCUT2D eigenvalue weighted by molar-refractivity contribution is 6.78. The normalized spacial score (nSPS) is 26.9. The van der Waals surface area contributed by atoms with E-state index in [4.69, 9.17) is 0 Å². The minimum atomic E-state index is -0.993. The van der Waals surface area contributed by atoms with Crippen molar-refractivity contribution in [2.24, 2.45) is 0 Å². The lowest BCUT2D eigenvalue weighted by molar-refractivity contribution is 0.366. The van der Waals surface area contributed by atoms with E-state index in [9.17, 15) is 0 Å². The largest absolute Gasteiger partial charge is 0.295 e. The summed E-state index contributed by atoms with van der Waals surface area (Å²) in [5, 5.41) is 0. The summed E-state index contributed by atoms with van der Waals surface area (Å²) in [6.45, 7) is 14.7. The smallest absolute Gasteiger partial charge is 0.0659 e. The molecule has 1 aliphatic heterocycles. The Balaban J connectivity index is 2.16. The summed E-state index contributed by atoms with van der Waals surface area (Å²) < 4.78 is 0. The van der Waals surface area contributed by atoms with E-state index >= 15 is 0 Å². The summed E-state index contributed by atoms with van der Waals surface area (Å²) in [6, 6.07) is 1.74. The van der Waals surface area contributed by atoms with Gasteiger partial charge in [-0.25, -0.2) is 0 Å². The van der Waals surface area contributed by atoms with E-state index in [-0.39, 0.29) is 0 Å². The summed E-state index contributed by atoms with van der Waals surface area (Å²) in [5.74, 6) is 0. The maximum Gasteiger partial charge on any atom is 0.0659 e. The van der Waals surface area contributed by atoms with Gasteiger partial charge in [-0.1, -0.05) is 84.9 Å². The van der Waals surface area contributed by atoms with Gasteiger partial charge < -0.3 is 0 Å². The average molecular weight is 312 g/mol. The van der Waals surface area contributed by atoms with Crippen molar-refractivity contribution in [3.05, 3.63) is 0 Å². The van der Waals surface area contributed by atoms with Gasteiger partial charge in [-0.15, -0.1) is 0 Å². The highest BCUT2D eigenvalue weighted by Crippen LogP contribution is 2.41. The van der Waals surface area contributed by atoms with Crippen molar-refractivity contribution >= 4 is 8.07 Å². The van der Waals surface area contributed by atoms with Gasteiger partial charge in [0.15, 0.2) is 0 Å². The van der Waals surface area contributed by atoms with Crippen molar-refractivity contribution in [1.29, 1.82) is 0 Å². The van der Waals surface area contributed by atoms with Crippen LogP contribution in [0.4, 0.5) is 0 Å². The number of hydrogen-bond acceptors (Lipinski definition) is 1. The van der Waals surface area contributed by atoms with Crippen LogP contribution in [-0.4, -0.2) is 30.7 Å². The van der Waals surface area contributed by atoms with Crippen LogP contribution in [0.5, 0.6) is 0 Å². The van der Waals surface area contributed by atoms with Crippen LogP contribution in [0.3, 0.4) is 0 Å². The predicted octanol–water partition coefficient (Wildman–Crippen LogP) is 6.25. The molecule has 4 atom stereocenters. The summed E-state index contributed by atoms with van der Waals surface area (Å²) >= 11 is 0. The van der Waals surface area contributed by atoms with Crippen LogP contribution >= 0.6 is 0 Å². The molecule has 21 heavy (non-hydrogen) atoms. The fourth-order valence-electron chi connectivity index (χ4n) is 3.93. The van der Waals surface area contributed by atoms with E-state index in [0.717, 1.165) is 17.7 Å². The van der Waals surface area contributed by atoms with E-state index < -0.39 is 8.07 Å². The summed E-state index contributed by atoms with van der Waals surface area (Å²) in [5.41, 5.74) is 0.969. The molecule has 126 valence electrons. The Bertz CT molecular complexity index is 271. The second kappa shape index (κ2) is 9.35. The maximum atomic E-state index is 2.85. The molecule has 0 aromatic rings. The molecular formula is C19H41NSi. The van der Waals surface area contributed by atoms with E-state index in [1.807, 2.05) is 0 Å². The lowest BCUT2D eigenvalue weighted by Crippen LogP contribution is -2.34. The first-order valence-corrected chi connectivity index (χ1v) is 13.3. The molecule has 0 aliphatic carbocycles. The van der Waals surface area contributed by atoms with Crippen molar-refractivity contribution < 1.29 is 0 Å².